The largest absolute Gasteiger partial charge is 0.390 e. The number of carbonyl (C=O) groups is 1. The van der Waals surface area contributed by atoms with Crippen molar-refractivity contribution in [2.45, 2.75) is 77.6 Å². The molecule has 0 aliphatic heterocycles. The summed E-state index contributed by atoms with van der Waals surface area (Å²) in [4.78, 5) is 11.6. The zero-order chi connectivity index (χ0) is 23.5. The second-order valence-corrected chi connectivity index (χ2v) is 10.2. The Hall–Kier alpha value is -2.39. The summed E-state index contributed by atoms with van der Waals surface area (Å²) in [6, 6.07) is 2.54. The topological polar surface area (TPSA) is 92.1 Å². The van der Waals surface area contributed by atoms with Crippen LogP contribution in [-0.2, 0) is 24.2 Å². The maximum Gasteiger partial charge on any atom is 0.217 e. The number of aromatic nitrogens is 3. The summed E-state index contributed by atoms with van der Waals surface area (Å²) in [6.45, 7) is 8.79. The summed E-state index contributed by atoms with van der Waals surface area (Å²) in [5, 5.41) is 25.4. The molecule has 1 aliphatic carbocycles. The van der Waals surface area contributed by atoms with E-state index < -0.39 is 23.8 Å². The molecular formula is C23H33F2N5O2. The second kappa shape index (κ2) is 9.62. The van der Waals surface area contributed by atoms with Crippen LogP contribution in [0.15, 0.2) is 24.4 Å². The molecule has 1 heterocycles. The maximum absolute atomic E-state index is 13.5. The lowest BCUT2D eigenvalue weighted by Gasteiger charge is -2.26. The number of halogens is 2. The monoisotopic (exact) mass is 449 g/mol. The summed E-state index contributed by atoms with van der Waals surface area (Å²) >= 11 is 0. The standard InChI is InChI=1S/C23H33F2N5O2/c1-15(31)27-20(9-16-7-17(24)10-18(25)8-16)21(32)12-26-23(5-6-23)11-19-13-30(29-28-19)14-22(2,3)4/h7-8,10,13,20-21,26,32H,5-6,9,11-12,14H2,1-4H3,(H,27,31). The van der Waals surface area contributed by atoms with E-state index in [1.54, 1.807) is 0 Å². The van der Waals surface area contributed by atoms with E-state index in [-0.39, 0.29) is 29.8 Å². The number of nitrogens with one attached hydrogen (secondary N) is 2. The molecule has 7 nitrogen and oxygen atoms in total. The van der Waals surface area contributed by atoms with E-state index in [1.807, 2.05) is 10.9 Å². The fraction of sp³-hybridized carbons (Fsp3) is 0.609. The van der Waals surface area contributed by atoms with Gasteiger partial charge in [0, 0.05) is 44.2 Å². The van der Waals surface area contributed by atoms with Crippen LogP contribution in [0.25, 0.3) is 0 Å². The van der Waals surface area contributed by atoms with Gasteiger partial charge in [-0.1, -0.05) is 26.0 Å². The molecule has 2 atom stereocenters. The van der Waals surface area contributed by atoms with Crippen molar-refractivity contribution in [2.75, 3.05) is 6.54 Å². The van der Waals surface area contributed by atoms with Crippen LogP contribution in [0, 0.1) is 17.0 Å². The maximum atomic E-state index is 13.5. The van der Waals surface area contributed by atoms with Crippen molar-refractivity contribution < 1.29 is 18.7 Å². The van der Waals surface area contributed by atoms with E-state index in [4.69, 9.17) is 0 Å². The molecule has 1 saturated carbocycles. The van der Waals surface area contributed by atoms with Gasteiger partial charge >= 0.3 is 0 Å². The van der Waals surface area contributed by atoms with Crippen LogP contribution in [0.3, 0.4) is 0 Å². The van der Waals surface area contributed by atoms with Crippen molar-refractivity contribution in [1.82, 2.24) is 25.6 Å². The lowest BCUT2D eigenvalue weighted by Crippen LogP contribution is -2.50. The highest BCUT2D eigenvalue weighted by atomic mass is 19.1. The third-order valence-electron chi connectivity index (χ3n) is 5.51. The molecule has 1 aromatic heterocycles. The van der Waals surface area contributed by atoms with E-state index >= 15 is 0 Å². The van der Waals surface area contributed by atoms with Gasteiger partial charge in [-0.05, 0) is 42.4 Å². The predicted octanol–water partition coefficient (Wildman–Crippen LogP) is 2.38. The third-order valence-corrected chi connectivity index (χ3v) is 5.51. The fourth-order valence-electron chi connectivity index (χ4n) is 3.89. The van der Waals surface area contributed by atoms with Crippen LogP contribution in [0.2, 0.25) is 0 Å². The molecule has 176 valence electrons. The molecule has 9 heteroatoms. The highest BCUT2D eigenvalue weighted by molar-refractivity contribution is 5.73. The van der Waals surface area contributed by atoms with Crippen molar-refractivity contribution in [1.29, 1.82) is 0 Å². The minimum Gasteiger partial charge on any atom is -0.390 e. The minimum atomic E-state index is -0.931. The number of hydrogen-bond acceptors (Lipinski definition) is 5. The smallest absolute Gasteiger partial charge is 0.217 e. The average Bonchev–Trinajstić information content (AvgIpc) is 3.28. The molecule has 1 aliphatic rings. The van der Waals surface area contributed by atoms with E-state index in [9.17, 15) is 18.7 Å². The Morgan fingerprint density at radius 3 is 2.47 bits per heavy atom. The summed E-state index contributed by atoms with van der Waals surface area (Å²) in [5.74, 6) is -1.70. The normalized spacial score (nSPS) is 17.1. The lowest BCUT2D eigenvalue weighted by molar-refractivity contribution is -0.120. The molecule has 0 spiro atoms. The highest BCUT2D eigenvalue weighted by Crippen LogP contribution is 2.38. The van der Waals surface area contributed by atoms with Gasteiger partial charge in [-0.3, -0.25) is 9.48 Å². The Bertz CT molecular complexity index is 916. The van der Waals surface area contributed by atoms with Gasteiger partial charge in [0.15, 0.2) is 0 Å². The van der Waals surface area contributed by atoms with Crippen molar-refractivity contribution >= 4 is 5.91 Å². The van der Waals surface area contributed by atoms with Crippen LogP contribution in [0.5, 0.6) is 0 Å². The summed E-state index contributed by atoms with van der Waals surface area (Å²) < 4.78 is 28.9. The van der Waals surface area contributed by atoms with Gasteiger partial charge in [0.25, 0.3) is 0 Å². The van der Waals surface area contributed by atoms with Gasteiger partial charge in [0.05, 0.1) is 17.8 Å². The first-order chi connectivity index (χ1) is 14.9. The summed E-state index contributed by atoms with van der Waals surface area (Å²) in [5.41, 5.74) is 1.21. The first-order valence-corrected chi connectivity index (χ1v) is 11.0. The number of amides is 1. The summed E-state index contributed by atoms with van der Waals surface area (Å²) in [6.07, 6.45) is 3.74. The molecule has 2 aromatic rings. The molecule has 32 heavy (non-hydrogen) atoms. The molecule has 2 unspecified atom stereocenters. The highest BCUT2D eigenvalue weighted by Gasteiger charge is 2.43. The molecule has 1 amide bonds. The first kappa shape index (κ1) is 24.3. The SMILES string of the molecule is CC(=O)NC(Cc1cc(F)cc(F)c1)C(O)CNC1(Cc2cn(CC(C)(C)C)nn2)CC1. The number of nitrogens with zero attached hydrogens (tertiary/aromatic N) is 3. The quantitative estimate of drug-likeness (QED) is 0.518. The molecule has 0 radical (unpaired) electrons. The van der Waals surface area contributed by atoms with Crippen LogP contribution >= 0.6 is 0 Å². The number of carbonyl (C=O) groups excluding carboxylic acids is 1. The van der Waals surface area contributed by atoms with Gasteiger partial charge in [-0.25, -0.2) is 8.78 Å². The van der Waals surface area contributed by atoms with Crippen LogP contribution < -0.4 is 10.6 Å². The first-order valence-electron chi connectivity index (χ1n) is 11.0. The predicted molar refractivity (Wildman–Crippen MR) is 117 cm³/mol. The third kappa shape index (κ3) is 7.34. The zero-order valence-electron chi connectivity index (χ0n) is 19.2. The van der Waals surface area contributed by atoms with Crippen LogP contribution in [0.1, 0.15) is 51.8 Å². The Morgan fingerprint density at radius 1 is 1.25 bits per heavy atom. The van der Waals surface area contributed by atoms with E-state index in [2.05, 4.69) is 41.7 Å². The van der Waals surface area contributed by atoms with Crippen LogP contribution in [-0.4, -0.2) is 50.2 Å². The number of aliphatic hydroxyl groups excluding tert-OH is 1. The molecule has 1 aromatic carbocycles. The zero-order valence-corrected chi connectivity index (χ0v) is 19.2. The number of β-amino-alcohol motifs (C(OH)–C–C–N with tert-alkyl or cyclic N) is 1. The Labute approximate surface area is 187 Å². The van der Waals surface area contributed by atoms with Crippen molar-refractivity contribution in [2.24, 2.45) is 5.41 Å². The van der Waals surface area contributed by atoms with Crippen molar-refractivity contribution in [3.05, 3.63) is 47.3 Å². The minimum absolute atomic E-state index is 0.105. The van der Waals surface area contributed by atoms with E-state index in [0.717, 1.165) is 31.1 Å². The Balaban J connectivity index is 1.59. The van der Waals surface area contributed by atoms with Gasteiger partial charge < -0.3 is 15.7 Å². The average molecular weight is 450 g/mol. The fourth-order valence-corrected chi connectivity index (χ4v) is 3.89. The van der Waals surface area contributed by atoms with Gasteiger partial charge in [-0.15, -0.1) is 5.10 Å². The van der Waals surface area contributed by atoms with Gasteiger partial charge in [0.2, 0.25) is 5.91 Å². The Kier molecular flexibility index (Phi) is 7.29. The van der Waals surface area contributed by atoms with Gasteiger partial charge in [0.1, 0.15) is 11.6 Å². The molecule has 0 bridgehead atoms. The molecule has 3 N–H and O–H groups in total. The van der Waals surface area contributed by atoms with Crippen molar-refractivity contribution in [3.63, 3.8) is 0 Å². The summed E-state index contributed by atoms with van der Waals surface area (Å²) in [7, 11) is 0. The number of hydrogen-bond donors (Lipinski definition) is 3. The van der Waals surface area contributed by atoms with Gasteiger partial charge in [-0.2, -0.15) is 0 Å². The van der Waals surface area contributed by atoms with Crippen LogP contribution in [0.4, 0.5) is 8.78 Å². The molecule has 3 rings (SSSR count). The van der Waals surface area contributed by atoms with E-state index in [1.165, 1.54) is 19.1 Å². The number of rotatable bonds is 10. The van der Waals surface area contributed by atoms with E-state index in [0.29, 0.717) is 12.0 Å². The lowest BCUT2D eigenvalue weighted by atomic mass is 9.97. The number of aliphatic hydroxyl groups is 1. The molecule has 1 fully saturated rings. The Morgan fingerprint density at radius 2 is 1.91 bits per heavy atom. The van der Waals surface area contributed by atoms with Crippen molar-refractivity contribution in [3.8, 4) is 0 Å². The molecular weight excluding hydrogens is 416 g/mol. The second-order valence-electron chi connectivity index (χ2n) is 10.2. The molecule has 0 saturated heterocycles. The number of benzene rings is 1.